The van der Waals surface area contributed by atoms with Gasteiger partial charge in [0, 0.05) is 19.4 Å². The first-order chi connectivity index (χ1) is 11.1. The van der Waals surface area contributed by atoms with Gasteiger partial charge in [-0.25, -0.2) is 4.79 Å². The number of Topliss-reactive ketones (excluding diaryl/α,β-unsaturated/α-hetero) is 1. The van der Waals surface area contributed by atoms with Crippen molar-refractivity contribution in [2.75, 3.05) is 13.2 Å². The van der Waals surface area contributed by atoms with Crippen LogP contribution in [0.3, 0.4) is 0 Å². The normalized spacial score (nSPS) is 22.3. The Hall–Kier alpha value is -2.04. The van der Waals surface area contributed by atoms with Crippen molar-refractivity contribution in [3.05, 3.63) is 29.8 Å². The van der Waals surface area contributed by atoms with Crippen LogP contribution in [0.15, 0.2) is 24.3 Å². The lowest BCUT2D eigenvalue weighted by Crippen LogP contribution is -2.24. The van der Waals surface area contributed by atoms with Crippen molar-refractivity contribution in [3.63, 3.8) is 0 Å². The van der Waals surface area contributed by atoms with E-state index >= 15 is 0 Å². The molecule has 0 unspecified atom stereocenters. The average molecular weight is 317 g/mol. The van der Waals surface area contributed by atoms with E-state index in [-0.39, 0.29) is 12.2 Å². The summed E-state index contributed by atoms with van der Waals surface area (Å²) in [7, 11) is 0. The fraction of sp³-hybridized carbons (Fsp3) is 0.556. The van der Waals surface area contributed by atoms with Gasteiger partial charge in [0.1, 0.15) is 17.6 Å². The van der Waals surface area contributed by atoms with Crippen LogP contribution < -0.4 is 4.74 Å². The van der Waals surface area contributed by atoms with E-state index in [9.17, 15) is 9.59 Å². The molecule has 1 atom stereocenters. The molecule has 0 spiro atoms. The van der Waals surface area contributed by atoms with Gasteiger partial charge in [0.05, 0.1) is 13.2 Å². The van der Waals surface area contributed by atoms with Crippen molar-refractivity contribution in [2.45, 2.75) is 45.3 Å². The molecule has 1 heterocycles. The van der Waals surface area contributed by atoms with Crippen LogP contribution in [0.1, 0.15) is 38.2 Å². The number of hydrogen-bond acceptors (Lipinski definition) is 4. The third kappa shape index (κ3) is 4.24. The Bertz CT molecular complexity index is 559. The number of ether oxygens (including phenoxy) is 2. The number of carbonyl (C=O) groups excluding carboxylic acids is 2. The van der Waals surface area contributed by atoms with Gasteiger partial charge in [-0.3, -0.25) is 4.79 Å². The molecule has 2 aliphatic rings. The van der Waals surface area contributed by atoms with Crippen molar-refractivity contribution in [2.24, 2.45) is 5.92 Å². The lowest BCUT2D eigenvalue weighted by molar-refractivity contribution is -0.121. The Kier molecular flexibility index (Phi) is 4.84. The fourth-order valence-electron chi connectivity index (χ4n) is 3.09. The summed E-state index contributed by atoms with van der Waals surface area (Å²) in [5.74, 6) is 1.69. The van der Waals surface area contributed by atoms with Crippen molar-refractivity contribution in [1.29, 1.82) is 0 Å². The Balaban J connectivity index is 1.47. The largest absolute Gasteiger partial charge is 0.493 e. The second kappa shape index (κ2) is 7.02. The number of amides is 1. The molecule has 3 rings (SSSR count). The third-order valence-electron chi connectivity index (χ3n) is 4.48. The van der Waals surface area contributed by atoms with E-state index in [1.54, 1.807) is 4.90 Å². The summed E-state index contributed by atoms with van der Waals surface area (Å²) in [5, 5.41) is 0. The molecule has 0 bridgehead atoms. The predicted octanol–water partition coefficient (Wildman–Crippen LogP) is 3.17. The van der Waals surface area contributed by atoms with Gasteiger partial charge in [0.15, 0.2) is 0 Å². The van der Waals surface area contributed by atoms with Crippen molar-refractivity contribution in [3.8, 4) is 5.75 Å². The van der Waals surface area contributed by atoms with Gasteiger partial charge in [0.2, 0.25) is 0 Å². The quantitative estimate of drug-likeness (QED) is 0.837. The highest BCUT2D eigenvalue weighted by atomic mass is 16.6. The maximum atomic E-state index is 11.6. The minimum atomic E-state index is -0.246. The molecule has 5 heteroatoms. The van der Waals surface area contributed by atoms with Gasteiger partial charge in [0.25, 0.3) is 0 Å². The third-order valence-corrected chi connectivity index (χ3v) is 4.48. The summed E-state index contributed by atoms with van der Waals surface area (Å²) < 4.78 is 10.9. The molecule has 1 aromatic rings. The van der Waals surface area contributed by atoms with Gasteiger partial charge in [-0.2, -0.15) is 0 Å². The molecule has 1 saturated carbocycles. The number of cyclic esters (lactones) is 1. The molecular weight excluding hydrogens is 294 g/mol. The van der Waals surface area contributed by atoms with Crippen LogP contribution in [-0.2, 0) is 16.1 Å². The number of carbonyl (C=O) groups is 2. The maximum Gasteiger partial charge on any atom is 0.410 e. The number of nitrogens with zero attached hydrogens (tertiary/aromatic N) is 1. The smallest absolute Gasteiger partial charge is 0.410 e. The summed E-state index contributed by atoms with van der Waals surface area (Å²) >= 11 is 0. The Morgan fingerprint density at radius 3 is 2.48 bits per heavy atom. The van der Waals surface area contributed by atoms with E-state index in [1.807, 2.05) is 31.2 Å². The first-order valence-electron chi connectivity index (χ1n) is 8.29. The predicted molar refractivity (Wildman–Crippen MR) is 85.3 cm³/mol. The van der Waals surface area contributed by atoms with Crippen molar-refractivity contribution >= 4 is 11.9 Å². The maximum absolute atomic E-state index is 11.6. The van der Waals surface area contributed by atoms with Gasteiger partial charge >= 0.3 is 6.09 Å². The van der Waals surface area contributed by atoms with E-state index < -0.39 is 0 Å². The molecule has 124 valence electrons. The highest BCUT2D eigenvalue weighted by Crippen LogP contribution is 2.23. The summed E-state index contributed by atoms with van der Waals surface area (Å²) in [6, 6.07) is 7.84. The minimum absolute atomic E-state index is 0.0347. The van der Waals surface area contributed by atoms with E-state index in [1.165, 1.54) is 0 Å². The lowest BCUT2D eigenvalue weighted by Gasteiger charge is -2.21. The van der Waals surface area contributed by atoms with Gasteiger partial charge in [-0.05, 0) is 43.4 Å². The van der Waals surface area contributed by atoms with Crippen LogP contribution in [0.5, 0.6) is 5.75 Å². The summed E-state index contributed by atoms with van der Waals surface area (Å²) in [4.78, 5) is 24.5. The molecule has 1 saturated heterocycles. The Morgan fingerprint density at radius 2 is 1.87 bits per heavy atom. The van der Waals surface area contributed by atoms with Gasteiger partial charge < -0.3 is 14.4 Å². The summed E-state index contributed by atoms with van der Waals surface area (Å²) in [6.45, 7) is 3.77. The second-order valence-corrected chi connectivity index (χ2v) is 6.51. The SMILES string of the molecule is C[C@@H]1CN(Cc2ccc(OCC3CCC(=O)CC3)cc2)C(=O)O1. The van der Waals surface area contributed by atoms with Crippen LogP contribution in [0.4, 0.5) is 4.79 Å². The summed E-state index contributed by atoms with van der Waals surface area (Å²) in [5.41, 5.74) is 1.06. The van der Waals surface area contributed by atoms with Crippen molar-refractivity contribution in [1.82, 2.24) is 4.90 Å². The minimum Gasteiger partial charge on any atom is -0.493 e. The van der Waals surface area contributed by atoms with E-state index in [0.717, 1.165) is 24.2 Å². The molecule has 0 N–H and O–H groups in total. The first-order valence-corrected chi connectivity index (χ1v) is 8.29. The van der Waals surface area contributed by atoms with E-state index in [2.05, 4.69) is 0 Å². The zero-order valence-electron chi connectivity index (χ0n) is 13.5. The van der Waals surface area contributed by atoms with Crippen LogP contribution >= 0.6 is 0 Å². The molecule has 23 heavy (non-hydrogen) atoms. The second-order valence-electron chi connectivity index (χ2n) is 6.51. The van der Waals surface area contributed by atoms with Crippen LogP contribution in [0.2, 0.25) is 0 Å². The number of ketones is 1. The van der Waals surface area contributed by atoms with Crippen LogP contribution in [-0.4, -0.2) is 36.0 Å². The fourth-order valence-corrected chi connectivity index (χ4v) is 3.09. The zero-order chi connectivity index (χ0) is 16.2. The van der Waals surface area contributed by atoms with Gasteiger partial charge in [-0.1, -0.05) is 12.1 Å². The van der Waals surface area contributed by atoms with E-state index in [0.29, 0.717) is 44.2 Å². The molecule has 0 aromatic heterocycles. The molecule has 1 aromatic carbocycles. The molecule has 5 nitrogen and oxygen atoms in total. The van der Waals surface area contributed by atoms with Crippen LogP contribution in [0, 0.1) is 5.92 Å². The zero-order valence-corrected chi connectivity index (χ0v) is 13.5. The molecule has 2 fully saturated rings. The standard InChI is InChI=1S/C18H23NO4/c1-13-10-19(18(21)23-13)11-14-4-8-17(9-5-14)22-12-15-2-6-16(20)7-3-15/h4-5,8-9,13,15H,2-3,6-7,10-12H2,1H3/t13-/m1/s1. The topological polar surface area (TPSA) is 55.8 Å². The Labute approximate surface area is 136 Å². The van der Waals surface area contributed by atoms with Crippen molar-refractivity contribution < 1.29 is 19.1 Å². The molecule has 0 radical (unpaired) electrons. The highest BCUT2D eigenvalue weighted by Gasteiger charge is 2.27. The molecule has 1 amide bonds. The van der Waals surface area contributed by atoms with Gasteiger partial charge in [-0.15, -0.1) is 0 Å². The number of benzene rings is 1. The Morgan fingerprint density at radius 1 is 1.17 bits per heavy atom. The number of rotatable bonds is 5. The highest BCUT2D eigenvalue weighted by molar-refractivity contribution is 5.79. The van der Waals surface area contributed by atoms with E-state index in [4.69, 9.17) is 9.47 Å². The molecule has 1 aliphatic heterocycles. The monoisotopic (exact) mass is 317 g/mol. The average Bonchev–Trinajstić information content (AvgIpc) is 2.86. The van der Waals surface area contributed by atoms with Crippen LogP contribution in [0.25, 0.3) is 0 Å². The summed E-state index contributed by atoms with van der Waals surface area (Å²) in [6.07, 6.45) is 2.98. The lowest BCUT2D eigenvalue weighted by atomic mass is 9.89. The molecular formula is C18H23NO4. The first kappa shape index (κ1) is 15.8. The number of hydrogen-bond donors (Lipinski definition) is 0. The molecule has 1 aliphatic carbocycles.